The summed E-state index contributed by atoms with van der Waals surface area (Å²) in [5, 5.41) is 2.90. The number of likely N-dealkylation sites (N-methyl/N-ethyl adjacent to an activating group) is 1. The van der Waals surface area contributed by atoms with E-state index in [2.05, 4.69) is 10.3 Å². The number of carbonyl (C=O) groups is 1. The molecule has 6 heteroatoms. The molecular weight excluding hydrogens is 319 g/mol. The Kier molecular flexibility index (Phi) is 7.35. The predicted octanol–water partition coefficient (Wildman–Crippen LogP) is 2.54. The van der Waals surface area contributed by atoms with Gasteiger partial charge in [-0.15, -0.1) is 0 Å². The van der Waals surface area contributed by atoms with Crippen LogP contribution in [0.1, 0.15) is 11.3 Å². The lowest BCUT2D eigenvalue weighted by atomic mass is 10.2. The summed E-state index contributed by atoms with van der Waals surface area (Å²) in [5.41, 5.74) is 1.44. The fourth-order valence-corrected chi connectivity index (χ4v) is 2.36. The van der Waals surface area contributed by atoms with Crippen molar-refractivity contribution in [3.05, 3.63) is 65.7 Å². The number of urea groups is 1. The summed E-state index contributed by atoms with van der Waals surface area (Å²) < 4.78 is 13.9. The molecule has 0 saturated carbocycles. The highest BCUT2D eigenvalue weighted by molar-refractivity contribution is 5.74. The molecule has 1 N–H and O–H groups in total. The monoisotopic (exact) mass is 344 g/mol. The number of nitrogens with one attached hydrogen (secondary N) is 1. The summed E-state index contributed by atoms with van der Waals surface area (Å²) in [4.78, 5) is 20.4. The first-order valence-corrected chi connectivity index (χ1v) is 8.37. The second kappa shape index (κ2) is 9.74. The fourth-order valence-electron chi connectivity index (χ4n) is 2.36. The summed E-state index contributed by atoms with van der Waals surface area (Å²) in [5.74, 6) is -0.293. The molecule has 2 amide bonds. The Morgan fingerprint density at radius 1 is 1.12 bits per heavy atom. The van der Waals surface area contributed by atoms with Crippen LogP contribution in [-0.4, -0.2) is 54.5 Å². The van der Waals surface area contributed by atoms with Crippen LogP contribution in [0.3, 0.4) is 0 Å². The van der Waals surface area contributed by atoms with E-state index in [1.807, 2.05) is 37.2 Å². The van der Waals surface area contributed by atoms with Gasteiger partial charge in [-0.25, -0.2) is 9.18 Å². The molecule has 5 nitrogen and oxygen atoms in total. The lowest BCUT2D eigenvalue weighted by Gasteiger charge is -2.25. The van der Waals surface area contributed by atoms with Crippen molar-refractivity contribution >= 4 is 6.03 Å². The standard InChI is InChI=1S/C19H25FN4O/c1-23(2)13-14-24(15-16-7-3-4-9-18(16)20)19(25)22-12-10-17-8-5-6-11-21-17/h3-9,11H,10,12-15H2,1-2H3,(H,22,25). The maximum atomic E-state index is 13.9. The van der Waals surface area contributed by atoms with Crippen LogP contribution in [0.4, 0.5) is 9.18 Å². The van der Waals surface area contributed by atoms with E-state index in [0.29, 0.717) is 31.6 Å². The van der Waals surface area contributed by atoms with Crippen molar-refractivity contribution in [1.29, 1.82) is 0 Å². The number of halogens is 1. The lowest BCUT2D eigenvalue weighted by molar-refractivity contribution is 0.188. The molecule has 2 rings (SSSR count). The van der Waals surface area contributed by atoms with E-state index in [0.717, 1.165) is 5.69 Å². The topological polar surface area (TPSA) is 48.5 Å². The molecule has 1 heterocycles. The zero-order chi connectivity index (χ0) is 18.1. The number of aromatic nitrogens is 1. The molecule has 0 unspecified atom stereocenters. The minimum absolute atomic E-state index is 0.193. The third-order valence-corrected chi connectivity index (χ3v) is 3.81. The van der Waals surface area contributed by atoms with E-state index in [9.17, 15) is 9.18 Å². The van der Waals surface area contributed by atoms with Gasteiger partial charge >= 0.3 is 6.03 Å². The van der Waals surface area contributed by atoms with Gasteiger partial charge in [0.05, 0.1) is 6.54 Å². The van der Waals surface area contributed by atoms with Gasteiger partial charge in [-0.1, -0.05) is 24.3 Å². The number of benzene rings is 1. The van der Waals surface area contributed by atoms with Crippen LogP contribution in [-0.2, 0) is 13.0 Å². The Balaban J connectivity index is 1.93. The molecule has 0 spiro atoms. The summed E-state index contributed by atoms with van der Waals surface area (Å²) in [6.07, 6.45) is 2.40. The van der Waals surface area contributed by atoms with Gasteiger partial charge < -0.3 is 15.1 Å². The largest absolute Gasteiger partial charge is 0.338 e. The van der Waals surface area contributed by atoms with Gasteiger partial charge in [0.2, 0.25) is 0 Å². The van der Waals surface area contributed by atoms with Crippen LogP contribution in [0.15, 0.2) is 48.7 Å². The number of hydrogen-bond acceptors (Lipinski definition) is 3. The third-order valence-electron chi connectivity index (χ3n) is 3.81. The van der Waals surface area contributed by atoms with Crippen molar-refractivity contribution in [3.63, 3.8) is 0 Å². The van der Waals surface area contributed by atoms with E-state index < -0.39 is 0 Å². The highest BCUT2D eigenvalue weighted by Gasteiger charge is 2.15. The molecule has 25 heavy (non-hydrogen) atoms. The summed E-state index contributed by atoms with van der Waals surface area (Å²) in [6.45, 7) is 1.97. The van der Waals surface area contributed by atoms with Crippen LogP contribution in [0.5, 0.6) is 0 Å². The van der Waals surface area contributed by atoms with Crippen molar-refractivity contribution in [1.82, 2.24) is 20.1 Å². The smallest absolute Gasteiger partial charge is 0.317 e. The molecule has 0 bridgehead atoms. The van der Waals surface area contributed by atoms with Crippen LogP contribution in [0.25, 0.3) is 0 Å². The second-order valence-corrected chi connectivity index (χ2v) is 6.12. The number of nitrogens with zero attached hydrogens (tertiary/aromatic N) is 3. The van der Waals surface area contributed by atoms with E-state index in [1.54, 1.807) is 29.3 Å². The van der Waals surface area contributed by atoms with Crippen LogP contribution in [0, 0.1) is 5.82 Å². The Morgan fingerprint density at radius 3 is 2.56 bits per heavy atom. The van der Waals surface area contributed by atoms with Crippen LogP contribution < -0.4 is 5.32 Å². The molecule has 0 radical (unpaired) electrons. The highest BCUT2D eigenvalue weighted by atomic mass is 19.1. The number of carbonyl (C=O) groups excluding carboxylic acids is 1. The zero-order valence-electron chi connectivity index (χ0n) is 14.8. The SMILES string of the molecule is CN(C)CCN(Cc1ccccc1F)C(=O)NCCc1ccccn1. The third kappa shape index (κ3) is 6.51. The molecule has 1 aromatic heterocycles. The average Bonchev–Trinajstić information content (AvgIpc) is 2.60. The van der Waals surface area contributed by atoms with Gasteiger partial charge in [-0.05, 0) is 32.3 Å². The Hall–Kier alpha value is -2.47. The van der Waals surface area contributed by atoms with E-state index in [-0.39, 0.29) is 18.4 Å². The fraction of sp³-hybridized carbons (Fsp3) is 0.368. The summed E-state index contributed by atoms with van der Waals surface area (Å²) in [6, 6.07) is 12.1. The molecule has 0 saturated heterocycles. The molecule has 0 atom stereocenters. The normalized spacial score (nSPS) is 10.7. The number of hydrogen-bond donors (Lipinski definition) is 1. The van der Waals surface area contributed by atoms with Gasteiger partial charge in [-0.2, -0.15) is 0 Å². The number of amides is 2. The maximum absolute atomic E-state index is 13.9. The van der Waals surface area contributed by atoms with Gasteiger partial charge in [0, 0.05) is 43.5 Å². The van der Waals surface area contributed by atoms with E-state index in [1.165, 1.54) is 6.07 Å². The minimum Gasteiger partial charge on any atom is -0.338 e. The first-order chi connectivity index (χ1) is 12.1. The molecule has 0 aliphatic rings. The molecule has 0 fully saturated rings. The van der Waals surface area contributed by atoms with Crippen molar-refractivity contribution < 1.29 is 9.18 Å². The quantitative estimate of drug-likeness (QED) is 0.801. The first-order valence-electron chi connectivity index (χ1n) is 8.37. The van der Waals surface area contributed by atoms with Crippen LogP contribution >= 0.6 is 0 Å². The molecule has 134 valence electrons. The van der Waals surface area contributed by atoms with Crippen molar-refractivity contribution in [2.45, 2.75) is 13.0 Å². The van der Waals surface area contributed by atoms with E-state index >= 15 is 0 Å². The molecule has 0 aliphatic carbocycles. The summed E-state index contributed by atoms with van der Waals surface area (Å²) in [7, 11) is 3.89. The number of rotatable bonds is 8. The minimum atomic E-state index is -0.293. The Morgan fingerprint density at radius 2 is 1.88 bits per heavy atom. The van der Waals surface area contributed by atoms with Crippen molar-refractivity contribution in [3.8, 4) is 0 Å². The first kappa shape index (κ1) is 18.9. The predicted molar refractivity (Wildman–Crippen MR) is 96.7 cm³/mol. The van der Waals surface area contributed by atoms with Crippen molar-refractivity contribution in [2.75, 3.05) is 33.7 Å². The van der Waals surface area contributed by atoms with Crippen LogP contribution in [0.2, 0.25) is 0 Å². The van der Waals surface area contributed by atoms with Gasteiger partial charge in [0.15, 0.2) is 0 Å². The lowest BCUT2D eigenvalue weighted by Crippen LogP contribution is -2.43. The van der Waals surface area contributed by atoms with Gasteiger partial charge in [0.25, 0.3) is 0 Å². The van der Waals surface area contributed by atoms with Gasteiger partial charge in [-0.3, -0.25) is 4.98 Å². The highest BCUT2D eigenvalue weighted by Crippen LogP contribution is 2.10. The Bertz CT molecular complexity index is 663. The molecule has 1 aromatic carbocycles. The maximum Gasteiger partial charge on any atom is 0.317 e. The van der Waals surface area contributed by atoms with Crippen molar-refractivity contribution in [2.24, 2.45) is 0 Å². The van der Waals surface area contributed by atoms with Gasteiger partial charge in [0.1, 0.15) is 5.82 Å². The number of pyridine rings is 1. The average molecular weight is 344 g/mol. The van der Waals surface area contributed by atoms with E-state index in [4.69, 9.17) is 0 Å². The zero-order valence-corrected chi connectivity index (χ0v) is 14.8. The molecular formula is C19H25FN4O. The summed E-state index contributed by atoms with van der Waals surface area (Å²) >= 11 is 0. The molecule has 2 aromatic rings. The Labute approximate surface area is 148 Å². The second-order valence-electron chi connectivity index (χ2n) is 6.12. The molecule has 0 aliphatic heterocycles.